The molecule has 1 aliphatic rings. The lowest BCUT2D eigenvalue weighted by molar-refractivity contribution is -0.184. The largest absolute Gasteiger partial charge is 0.351 e. The average Bonchev–Trinajstić information content (AvgIpc) is 2.26. The van der Waals surface area contributed by atoms with Crippen LogP contribution in [0.2, 0.25) is 0 Å². The van der Waals surface area contributed by atoms with Gasteiger partial charge in [-0.05, 0) is 26.4 Å². The van der Waals surface area contributed by atoms with Gasteiger partial charge in [0.15, 0.2) is 6.29 Å². The molecule has 4 heteroatoms. The van der Waals surface area contributed by atoms with Crippen molar-refractivity contribution in [2.45, 2.75) is 26.1 Å². The fourth-order valence-electron chi connectivity index (χ4n) is 1.56. The topological polar surface area (TPSA) is 33.7 Å². The van der Waals surface area contributed by atoms with Crippen LogP contribution in [0.1, 0.15) is 19.8 Å². The summed E-state index contributed by atoms with van der Waals surface area (Å²) >= 11 is 0. The zero-order valence-corrected chi connectivity index (χ0v) is 10.00. The number of hydrogen-bond donors (Lipinski definition) is 1. The van der Waals surface area contributed by atoms with Gasteiger partial charge in [0.1, 0.15) is 0 Å². The Kier molecular flexibility index (Phi) is 6.92. The smallest absolute Gasteiger partial charge is 0.170 e. The van der Waals surface area contributed by atoms with Crippen molar-refractivity contribution in [3.63, 3.8) is 0 Å². The van der Waals surface area contributed by atoms with E-state index in [2.05, 4.69) is 24.2 Å². The summed E-state index contributed by atoms with van der Waals surface area (Å²) in [5, 5.41) is 3.38. The first kappa shape index (κ1) is 12.9. The Morgan fingerprint density at radius 2 is 2.00 bits per heavy atom. The summed E-state index contributed by atoms with van der Waals surface area (Å²) < 4.78 is 11.0. The third-order valence-corrected chi connectivity index (χ3v) is 2.45. The molecule has 1 aliphatic heterocycles. The first-order valence-corrected chi connectivity index (χ1v) is 5.95. The highest BCUT2D eigenvalue weighted by Crippen LogP contribution is 2.05. The molecule has 0 spiro atoms. The van der Waals surface area contributed by atoms with Gasteiger partial charge in [-0.1, -0.05) is 6.92 Å². The highest BCUT2D eigenvalue weighted by atomic mass is 16.7. The van der Waals surface area contributed by atoms with Gasteiger partial charge in [0, 0.05) is 19.6 Å². The van der Waals surface area contributed by atoms with Gasteiger partial charge in [-0.3, -0.25) is 0 Å². The lowest BCUT2D eigenvalue weighted by Crippen LogP contribution is -2.39. The van der Waals surface area contributed by atoms with Crippen molar-refractivity contribution >= 4 is 0 Å². The van der Waals surface area contributed by atoms with E-state index in [-0.39, 0.29) is 6.29 Å². The van der Waals surface area contributed by atoms with Gasteiger partial charge < -0.3 is 19.7 Å². The fraction of sp³-hybridized carbons (Fsp3) is 1.00. The second kappa shape index (κ2) is 8.05. The second-order valence-corrected chi connectivity index (χ2v) is 4.04. The number of ether oxygens (including phenoxy) is 2. The molecule has 1 rings (SSSR count). The number of hydrogen-bond acceptors (Lipinski definition) is 4. The summed E-state index contributed by atoms with van der Waals surface area (Å²) in [6, 6.07) is 0. The molecule has 90 valence electrons. The normalized spacial score (nSPS) is 18.6. The maximum atomic E-state index is 5.49. The number of rotatable bonds is 7. The molecular formula is C11H24N2O2. The van der Waals surface area contributed by atoms with E-state index < -0.39 is 0 Å². The molecule has 0 saturated carbocycles. The molecule has 1 fully saturated rings. The fourth-order valence-corrected chi connectivity index (χ4v) is 1.56. The predicted octanol–water partition coefficient (Wildman–Crippen LogP) is 0.681. The highest BCUT2D eigenvalue weighted by molar-refractivity contribution is 4.59. The van der Waals surface area contributed by atoms with Gasteiger partial charge in [-0.15, -0.1) is 0 Å². The van der Waals surface area contributed by atoms with E-state index in [9.17, 15) is 0 Å². The van der Waals surface area contributed by atoms with Gasteiger partial charge in [0.2, 0.25) is 0 Å². The minimum Gasteiger partial charge on any atom is -0.351 e. The van der Waals surface area contributed by atoms with Gasteiger partial charge in [0.25, 0.3) is 0 Å². The van der Waals surface area contributed by atoms with E-state index >= 15 is 0 Å². The zero-order chi connectivity index (χ0) is 10.9. The van der Waals surface area contributed by atoms with Gasteiger partial charge in [-0.25, -0.2) is 0 Å². The molecule has 0 aromatic heterocycles. The van der Waals surface area contributed by atoms with Crippen LogP contribution < -0.4 is 5.32 Å². The number of likely N-dealkylation sites (N-methyl/N-ethyl adjacent to an activating group) is 1. The van der Waals surface area contributed by atoms with Crippen LogP contribution in [0, 0.1) is 0 Å². The summed E-state index contributed by atoms with van der Waals surface area (Å²) in [4.78, 5) is 2.25. The lowest BCUT2D eigenvalue weighted by atomic mass is 10.4. The Bertz CT molecular complexity index is 150. The third kappa shape index (κ3) is 6.10. The summed E-state index contributed by atoms with van der Waals surface area (Å²) in [6.07, 6.45) is 2.20. The van der Waals surface area contributed by atoms with Crippen molar-refractivity contribution in [2.24, 2.45) is 0 Å². The SMILES string of the molecule is CCCNCCN(C)CC1OCCCO1. The molecule has 0 atom stereocenters. The van der Waals surface area contributed by atoms with Crippen molar-refractivity contribution in [3.05, 3.63) is 0 Å². The van der Waals surface area contributed by atoms with Crippen LogP contribution in [0.3, 0.4) is 0 Å². The van der Waals surface area contributed by atoms with Crippen LogP contribution in [-0.2, 0) is 9.47 Å². The minimum absolute atomic E-state index is 0.0186. The molecule has 0 aliphatic carbocycles. The van der Waals surface area contributed by atoms with Crippen molar-refractivity contribution in [1.29, 1.82) is 0 Å². The van der Waals surface area contributed by atoms with Crippen LogP contribution in [-0.4, -0.2) is 57.6 Å². The molecule has 15 heavy (non-hydrogen) atoms. The number of nitrogens with one attached hydrogen (secondary N) is 1. The van der Waals surface area contributed by atoms with Crippen molar-refractivity contribution in [1.82, 2.24) is 10.2 Å². The maximum Gasteiger partial charge on any atom is 0.170 e. The quantitative estimate of drug-likeness (QED) is 0.635. The Balaban J connectivity index is 1.98. The predicted molar refractivity (Wildman–Crippen MR) is 61.0 cm³/mol. The Morgan fingerprint density at radius 3 is 2.67 bits per heavy atom. The van der Waals surface area contributed by atoms with E-state index in [0.29, 0.717) is 0 Å². The molecule has 0 radical (unpaired) electrons. The molecule has 0 unspecified atom stereocenters. The second-order valence-electron chi connectivity index (χ2n) is 4.04. The van der Waals surface area contributed by atoms with E-state index in [1.807, 2.05) is 0 Å². The summed E-state index contributed by atoms with van der Waals surface area (Å²) in [5.41, 5.74) is 0. The van der Waals surface area contributed by atoms with Gasteiger partial charge in [-0.2, -0.15) is 0 Å². The standard InChI is InChI=1S/C11H24N2O2/c1-3-5-12-6-7-13(2)10-11-14-8-4-9-15-11/h11-12H,3-10H2,1-2H3. The summed E-state index contributed by atoms with van der Waals surface area (Å²) in [7, 11) is 2.11. The molecule has 1 saturated heterocycles. The van der Waals surface area contributed by atoms with Gasteiger partial charge >= 0.3 is 0 Å². The van der Waals surface area contributed by atoms with Crippen molar-refractivity contribution in [2.75, 3.05) is 46.4 Å². The van der Waals surface area contributed by atoms with Crippen LogP contribution in [0.25, 0.3) is 0 Å². The van der Waals surface area contributed by atoms with Crippen molar-refractivity contribution in [3.8, 4) is 0 Å². The zero-order valence-electron chi connectivity index (χ0n) is 10.00. The summed E-state index contributed by atoms with van der Waals surface area (Å²) in [6.45, 7) is 7.91. The van der Waals surface area contributed by atoms with Crippen molar-refractivity contribution < 1.29 is 9.47 Å². The Hall–Kier alpha value is -0.160. The highest BCUT2D eigenvalue weighted by Gasteiger charge is 2.15. The summed E-state index contributed by atoms with van der Waals surface area (Å²) in [5.74, 6) is 0. The molecular weight excluding hydrogens is 192 g/mol. The third-order valence-electron chi connectivity index (χ3n) is 2.45. The molecule has 1 N–H and O–H groups in total. The van der Waals surface area contributed by atoms with Gasteiger partial charge in [0.05, 0.1) is 13.2 Å². The molecule has 0 aromatic rings. The van der Waals surface area contributed by atoms with E-state index in [4.69, 9.17) is 9.47 Å². The average molecular weight is 216 g/mol. The molecule has 0 bridgehead atoms. The molecule has 4 nitrogen and oxygen atoms in total. The first-order valence-electron chi connectivity index (χ1n) is 5.95. The number of nitrogens with zero attached hydrogens (tertiary/aromatic N) is 1. The molecule has 0 aromatic carbocycles. The van der Waals surface area contributed by atoms with Crippen LogP contribution in [0.5, 0.6) is 0 Å². The molecule has 0 amide bonds. The maximum absolute atomic E-state index is 5.49. The van der Waals surface area contributed by atoms with Crippen LogP contribution >= 0.6 is 0 Å². The first-order chi connectivity index (χ1) is 7.33. The lowest BCUT2D eigenvalue weighted by Gasteiger charge is -2.27. The minimum atomic E-state index is -0.0186. The van der Waals surface area contributed by atoms with E-state index in [1.165, 1.54) is 6.42 Å². The van der Waals surface area contributed by atoms with E-state index in [0.717, 1.165) is 45.8 Å². The molecule has 1 heterocycles. The Morgan fingerprint density at radius 1 is 1.27 bits per heavy atom. The van der Waals surface area contributed by atoms with Crippen LogP contribution in [0.4, 0.5) is 0 Å². The van der Waals surface area contributed by atoms with E-state index in [1.54, 1.807) is 0 Å². The monoisotopic (exact) mass is 216 g/mol. The van der Waals surface area contributed by atoms with Crippen LogP contribution in [0.15, 0.2) is 0 Å². The Labute approximate surface area is 92.9 Å².